The normalized spacial score (nSPS) is 15.2. The van der Waals surface area contributed by atoms with E-state index in [1.165, 1.54) is 11.9 Å². The molecule has 104 valence electrons. The molecule has 7 nitrogen and oxygen atoms in total. The lowest BCUT2D eigenvalue weighted by atomic mass is 9.90. The Morgan fingerprint density at radius 3 is 2.00 bits per heavy atom. The second-order valence-corrected chi connectivity index (χ2v) is 4.17. The van der Waals surface area contributed by atoms with Crippen LogP contribution in [0, 0.1) is 5.92 Å². The Balaban J connectivity index is 0.000000321. The van der Waals surface area contributed by atoms with Gasteiger partial charge in [0.15, 0.2) is 0 Å². The van der Waals surface area contributed by atoms with Crippen LogP contribution >= 0.6 is 0 Å². The van der Waals surface area contributed by atoms with Crippen LogP contribution < -0.4 is 11.2 Å². The van der Waals surface area contributed by atoms with Gasteiger partial charge in [-0.2, -0.15) is 0 Å². The molecule has 0 radical (unpaired) electrons. The summed E-state index contributed by atoms with van der Waals surface area (Å²) in [6.07, 6.45) is 5.14. The van der Waals surface area contributed by atoms with Crippen LogP contribution in [0.5, 0.6) is 0 Å². The SMILES string of the molecule is NC(=O)CCC(=O)NO.O=C(O)C1CCCCC1. The van der Waals surface area contributed by atoms with Crippen molar-refractivity contribution in [2.45, 2.75) is 44.9 Å². The molecule has 1 aliphatic carbocycles. The van der Waals surface area contributed by atoms with Gasteiger partial charge < -0.3 is 10.8 Å². The van der Waals surface area contributed by atoms with E-state index in [0.29, 0.717) is 0 Å². The minimum Gasteiger partial charge on any atom is -0.481 e. The zero-order valence-corrected chi connectivity index (χ0v) is 10.2. The Bertz CT molecular complexity index is 287. The molecule has 0 aliphatic heterocycles. The van der Waals surface area contributed by atoms with Gasteiger partial charge in [-0.25, -0.2) is 5.48 Å². The molecule has 18 heavy (non-hydrogen) atoms. The highest BCUT2D eigenvalue weighted by molar-refractivity contribution is 5.82. The van der Waals surface area contributed by atoms with Crippen LogP contribution in [0.1, 0.15) is 44.9 Å². The van der Waals surface area contributed by atoms with E-state index >= 15 is 0 Å². The first kappa shape index (κ1) is 16.4. The number of rotatable bonds is 4. The molecule has 1 aliphatic rings. The quantitative estimate of drug-likeness (QED) is 0.429. The van der Waals surface area contributed by atoms with Crippen LogP contribution in [-0.2, 0) is 14.4 Å². The van der Waals surface area contributed by atoms with E-state index in [9.17, 15) is 14.4 Å². The van der Waals surface area contributed by atoms with Crippen LogP contribution in [0.15, 0.2) is 0 Å². The van der Waals surface area contributed by atoms with Gasteiger partial charge in [-0.15, -0.1) is 0 Å². The number of hydrogen-bond acceptors (Lipinski definition) is 4. The number of carboxylic acids is 1. The molecule has 0 saturated heterocycles. The molecule has 1 fully saturated rings. The first-order chi connectivity index (χ1) is 8.47. The van der Waals surface area contributed by atoms with Crippen molar-refractivity contribution in [3.8, 4) is 0 Å². The van der Waals surface area contributed by atoms with Crippen LogP contribution in [0.3, 0.4) is 0 Å². The molecular weight excluding hydrogens is 240 g/mol. The highest BCUT2D eigenvalue weighted by Gasteiger charge is 2.19. The Morgan fingerprint density at radius 2 is 1.67 bits per heavy atom. The number of nitrogens with one attached hydrogen (secondary N) is 1. The third kappa shape index (κ3) is 8.51. The van der Waals surface area contributed by atoms with Crippen molar-refractivity contribution in [3.05, 3.63) is 0 Å². The maximum absolute atomic E-state index is 10.4. The highest BCUT2D eigenvalue weighted by Crippen LogP contribution is 2.23. The predicted molar refractivity (Wildman–Crippen MR) is 62.6 cm³/mol. The lowest BCUT2D eigenvalue weighted by molar-refractivity contribution is -0.142. The summed E-state index contributed by atoms with van der Waals surface area (Å²) in [6.45, 7) is 0. The van der Waals surface area contributed by atoms with Gasteiger partial charge in [0, 0.05) is 12.8 Å². The molecular formula is C11H20N2O5. The molecule has 0 bridgehead atoms. The van der Waals surface area contributed by atoms with Crippen molar-refractivity contribution in [3.63, 3.8) is 0 Å². The lowest BCUT2D eigenvalue weighted by Gasteiger charge is -2.16. The van der Waals surface area contributed by atoms with Crippen molar-refractivity contribution >= 4 is 17.8 Å². The van der Waals surface area contributed by atoms with Crippen molar-refractivity contribution < 1.29 is 24.7 Å². The molecule has 1 rings (SSSR count). The molecule has 0 heterocycles. The van der Waals surface area contributed by atoms with Gasteiger partial charge in [0.25, 0.3) is 0 Å². The maximum Gasteiger partial charge on any atom is 0.306 e. The number of primary amides is 1. The van der Waals surface area contributed by atoms with Gasteiger partial charge in [0.1, 0.15) is 0 Å². The standard InChI is InChI=1S/C7H12O2.C4H8N2O3/c8-7(9)6-4-2-1-3-5-6;5-3(7)1-2-4(8)6-9/h6H,1-5H2,(H,8,9);9H,1-2H2,(H2,5,7)(H,6,8). The fraction of sp³-hybridized carbons (Fsp3) is 0.727. The largest absolute Gasteiger partial charge is 0.481 e. The maximum atomic E-state index is 10.4. The monoisotopic (exact) mass is 260 g/mol. The fourth-order valence-corrected chi connectivity index (χ4v) is 1.64. The Kier molecular flexibility index (Phi) is 8.55. The third-order valence-electron chi connectivity index (χ3n) is 2.68. The molecule has 0 atom stereocenters. The van der Waals surface area contributed by atoms with Crippen LogP contribution in [0.4, 0.5) is 0 Å². The van der Waals surface area contributed by atoms with E-state index in [4.69, 9.17) is 16.0 Å². The average Bonchev–Trinajstić information content (AvgIpc) is 2.37. The number of hydroxylamine groups is 1. The third-order valence-corrected chi connectivity index (χ3v) is 2.68. The minimum atomic E-state index is -0.603. The molecule has 7 heteroatoms. The van der Waals surface area contributed by atoms with Gasteiger partial charge in [0.05, 0.1) is 5.92 Å². The van der Waals surface area contributed by atoms with E-state index in [0.717, 1.165) is 25.7 Å². The summed E-state index contributed by atoms with van der Waals surface area (Å²) in [7, 11) is 0. The fourth-order valence-electron chi connectivity index (χ4n) is 1.64. The van der Waals surface area contributed by atoms with Gasteiger partial charge >= 0.3 is 5.97 Å². The van der Waals surface area contributed by atoms with Crippen molar-refractivity contribution in [1.29, 1.82) is 0 Å². The zero-order valence-electron chi connectivity index (χ0n) is 10.2. The van der Waals surface area contributed by atoms with Crippen molar-refractivity contribution in [2.24, 2.45) is 11.7 Å². The molecule has 2 amide bonds. The van der Waals surface area contributed by atoms with E-state index in [2.05, 4.69) is 0 Å². The number of carbonyl (C=O) groups excluding carboxylic acids is 2. The number of amides is 2. The first-order valence-corrected chi connectivity index (χ1v) is 5.91. The predicted octanol–water partition coefficient (Wildman–Crippen LogP) is 0.409. The smallest absolute Gasteiger partial charge is 0.306 e. The molecule has 0 spiro atoms. The molecule has 5 N–H and O–H groups in total. The minimum absolute atomic E-state index is 0.0289. The summed E-state index contributed by atoms with van der Waals surface area (Å²) in [5, 5.41) is 16.4. The van der Waals surface area contributed by atoms with Gasteiger partial charge in [-0.3, -0.25) is 19.6 Å². The summed E-state index contributed by atoms with van der Waals surface area (Å²) < 4.78 is 0. The second-order valence-electron chi connectivity index (χ2n) is 4.17. The summed E-state index contributed by atoms with van der Waals surface area (Å²) in [5.41, 5.74) is 6.07. The van der Waals surface area contributed by atoms with E-state index in [-0.39, 0.29) is 18.8 Å². The molecule has 0 aromatic rings. The number of carbonyl (C=O) groups is 3. The molecule has 0 aromatic heterocycles. The summed E-state index contributed by atoms with van der Waals surface area (Å²) in [5.74, 6) is -1.79. The Labute approximate surface area is 105 Å². The Morgan fingerprint density at radius 1 is 1.11 bits per heavy atom. The number of nitrogens with two attached hydrogens (primary N) is 1. The van der Waals surface area contributed by atoms with E-state index in [1.54, 1.807) is 0 Å². The summed E-state index contributed by atoms with van der Waals surface area (Å²) >= 11 is 0. The van der Waals surface area contributed by atoms with E-state index in [1.807, 2.05) is 0 Å². The second kappa shape index (κ2) is 9.41. The van der Waals surface area contributed by atoms with Crippen LogP contribution in [0.2, 0.25) is 0 Å². The van der Waals surface area contributed by atoms with Gasteiger partial charge in [-0.1, -0.05) is 19.3 Å². The topological polar surface area (TPSA) is 130 Å². The molecule has 1 saturated carbocycles. The summed E-state index contributed by atoms with van der Waals surface area (Å²) in [6, 6.07) is 0. The van der Waals surface area contributed by atoms with E-state index < -0.39 is 17.8 Å². The van der Waals surface area contributed by atoms with Gasteiger partial charge in [-0.05, 0) is 12.8 Å². The highest BCUT2D eigenvalue weighted by atomic mass is 16.5. The number of hydrogen-bond donors (Lipinski definition) is 4. The molecule has 0 unspecified atom stereocenters. The summed E-state index contributed by atoms with van der Waals surface area (Å²) in [4.78, 5) is 30.5. The van der Waals surface area contributed by atoms with Crippen LogP contribution in [-0.4, -0.2) is 28.1 Å². The number of carboxylic acid groups (broad SMARTS) is 1. The average molecular weight is 260 g/mol. The number of aliphatic carboxylic acids is 1. The zero-order chi connectivity index (χ0) is 14.0. The van der Waals surface area contributed by atoms with Gasteiger partial charge in [0.2, 0.25) is 11.8 Å². The van der Waals surface area contributed by atoms with Crippen molar-refractivity contribution in [2.75, 3.05) is 0 Å². The lowest BCUT2D eigenvalue weighted by Crippen LogP contribution is -2.21. The Hall–Kier alpha value is -1.63. The van der Waals surface area contributed by atoms with Crippen LogP contribution in [0.25, 0.3) is 0 Å². The first-order valence-electron chi connectivity index (χ1n) is 5.91. The van der Waals surface area contributed by atoms with Crippen molar-refractivity contribution in [1.82, 2.24) is 5.48 Å². The molecule has 0 aromatic carbocycles.